The lowest BCUT2D eigenvalue weighted by atomic mass is 9.99. The van der Waals surface area contributed by atoms with E-state index in [9.17, 15) is 0 Å². The van der Waals surface area contributed by atoms with Crippen molar-refractivity contribution >= 4 is 53.3 Å². The third-order valence-electron chi connectivity index (χ3n) is 10.7. The number of rotatable bonds is 6. The van der Waals surface area contributed by atoms with Crippen molar-refractivity contribution in [1.82, 2.24) is 19.5 Å². The maximum absolute atomic E-state index is 5.07. The SMILES string of the molecule is c1ccc(-c2ccc(-c3ccc(-c4nc(-c5ccccc5)nc(-c5ccc(-n6c7ccccc7c7c8sc9ccccc9c8ccc76)cc5)n4)cc3)cc2)cc1. The zero-order valence-corrected chi connectivity index (χ0v) is 31.0. The van der Waals surface area contributed by atoms with Crippen molar-refractivity contribution in [3.8, 4) is 62.1 Å². The lowest BCUT2D eigenvalue weighted by Gasteiger charge is -2.11. The molecule has 8 aromatic carbocycles. The van der Waals surface area contributed by atoms with E-state index in [0.717, 1.165) is 33.5 Å². The number of nitrogens with zero attached hydrogens (tertiary/aromatic N) is 4. The van der Waals surface area contributed by atoms with E-state index in [4.69, 9.17) is 15.0 Å². The van der Waals surface area contributed by atoms with Gasteiger partial charge in [-0.1, -0.05) is 152 Å². The van der Waals surface area contributed by atoms with Crippen LogP contribution in [0.1, 0.15) is 0 Å². The lowest BCUT2D eigenvalue weighted by molar-refractivity contribution is 1.07. The van der Waals surface area contributed by atoms with Gasteiger partial charge in [-0.25, -0.2) is 15.0 Å². The minimum Gasteiger partial charge on any atom is -0.309 e. The monoisotopic (exact) mass is 732 g/mol. The summed E-state index contributed by atoms with van der Waals surface area (Å²) < 4.78 is 5.02. The Bertz CT molecular complexity index is 3200. The summed E-state index contributed by atoms with van der Waals surface area (Å²) in [6.07, 6.45) is 0. The van der Waals surface area contributed by atoms with Gasteiger partial charge in [0.1, 0.15) is 0 Å². The van der Waals surface area contributed by atoms with Gasteiger partial charge in [0.2, 0.25) is 0 Å². The minimum atomic E-state index is 0.634. The standard InChI is InChI=1S/C51H32N4S/c1-3-11-33(12-4-1)34-19-21-35(22-20-34)36-23-25-38(26-24-36)50-52-49(37-13-5-2-6-14-37)53-51(54-50)39-27-29-40(30-28-39)55-44-17-9-7-16-43(44)47-45(55)32-31-42-41-15-8-10-18-46(41)56-48(42)47/h1-32H. The quantitative estimate of drug-likeness (QED) is 0.171. The van der Waals surface area contributed by atoms with Crippen molar-refractivity contribution in [3.63, 3.8) is 0 Å². The maximum Gasteiger partial charge on any atom is 0.164 e. The summed E-state index contributed by atoms with van der Waals surface area (Å²) in [6.45, 7) is 0. The predicted octanol–water partition coefficient (Wildman–Crippen LogP) is 13.7. The van der Waals surface area contributed by atoms with Crippen LogP contribution in [0.4, 0.5) is 0 Å². The summed E-state index contributed by atoms with van der Waals surface area (Å²) in [6, 6.07) is 68.4. The summed E-state index contributed by atoms with van der Waals surface area (Å²) >= 11 is 1.88. The third-order valence-corrected chi connectivity index (χ3v) is 11.9. The summed E-state index contributed by atoms with van der Waals surface area (Å²) in [5, 5.41) is 5.18. The van der Waals surface area contributed by atoms with Crippen molar-refractivity contribution in [2.45, 2.75) is 0 Å². The van der Waals surface area contributed by atoms with Gasteiger partial charge in [-0.05, 0) is 64.7 Å². The van der Waals surface area contributed by atoms with Crippen molar-refractivity contribution in [2.24, 2.45) is 0 Å². The van der Waals surface area contributed by atoms with Crippen LogP contribution in [0, 0.1) is 0 Å². The zero-order chi connectivity index (χ0) is 37.0. The van der Waals surface area contributed by atoms with Crippen molar-refractivity contribution in [3.05, 3.63) is 194 Å². The van der Waals surface area contributed by atoms with Crippen molar-refractivity contribution in [2.75, 3.05) is 0 Å². The fraction of sp³-hybridized carbons (Fsp3) is 0. The fourth-order valence-electron chi connectivity index (χ4n) is 7.92. The molecule has 0 spiro atoms. The smallest absolute Gasteiger partial charge is 0.164 e. The van der Waals surface area contributed by atoms with Gasteiger partial charge in [-0.2, -0.15) is 0 Å². The lowest BCUT2D eigenvalue weighted by Crippen LogP contribution is -2.00. The van der Waals surface area contributed by atoms with Gasteiger partial charge in [-0.3, -0.25) is 0 Å². The van der Waals surface area contributed by atoms with Crippen molar-refractivity contribution in [1.29, 1.82) is 0 Å². The first kappa shape index (κ1) is 32.2. The largest absolute Gasteiger partial charge is 0.309 e. The minimum absolute atomic E-state index is 0.634. The molecule has 0 radical (unpaired) electrons. The molecule has 3 aromatic heterocycles. The molecule has 0 aliphatic heterocycles. The van der Waals surface area contributed by atoms with E-state index in [-0.39, 0.29) is 0 Å². The Morgan fingerprint density at radius 1 is 0.321 bits per heavy atom. The van der Waals surface area contributed by atoms with Crippen LogP contribution >= 0.6 is 11.3 Å². The molecule has 0 bridgehead atoms. The molecule has 262 valence electrons. The van der Waals surface area contributed by atoms with Crippen LogP contribution in [0.15, 0.2) is 194 Å². The first-order chi connectivity index (χ1) is 27.7. The van der Waals surface area contributed by atoms with E-state index in [2.05, 4.69) is 162 Å². The first-order valence-corrected chi connectivity index (χ1v) is 19.6. The normalized spacial score (nSPS) is 11.6. The molecule has 0 saturated carbocycles. The van der Waals surface area contributed by atoms with Gasteiger partial charge in [-0.15, -0.1) is 11.3 Å². The average Bonchev–Trinajstić information content (AvgIpc) is 3.83. The number of fused-ring (bicyclic) bond motifs is 7. The molecule has 0 saturated heterocycles. The Morgan fingerprint density at radius 2 is 0.768 bits per heavy atom. The van der Waals surface area contributed by atoms with Gasteiger partial charge >= 0.3 is 0 Å². The third kappa shape index (κ3) is 5.48. The summed E-state index contributed by atoms with van der Waals surface area (Å²) in [7, 11) is 0. The number of para-hydroxylation sites is 1. The highest BCUT2D eigenvalue weighted by Crippen LogP contribution is 2.43. The van der Waals surface area contributed by atoms with Gasteiger partial charge in [0.15, 0.2) is 17.5 Å². The molecule has 3 heterocycles. The van der Waals surface area contributed by atoms with Crippen LogP contribution in [0.25, 0.3) is 104 Å². The summed E-state index contributed by atoms with van der Waals surface area (Å²) in [5.41, 5.74) is 11.0. The van der Waals surface area contributed by atoms with E-state index in [0.29, 0.717) is 17.5 Å². The molecule has 0 amide bonds. The molecule has 5 heteroatoms. The van der Waals surface area contributed by atoms with Crippen LogP contribution in [0.5, 0.6) is 0 Å². The first-order valence-electron chi connectivity index (χ1n) is 18.8. The molecule has 4 nitrogen and oxygen atoms in total. The van der Waals surface area contributed by atoms with Gasteiger partial charge in [0.05, 0.1) is 11.0 Å². The average molecular weight is 733 g/mol. The van der Waals surface area contributed by atoms with Gasteiger partial charge < -0.3 is 4.57 Å². The van der Waals surface area contributed by atoms with Crippen LogP contribution < -0.4 is 0 Å². The maximum atomic E-state index is 5.07. The fourth-order valence-corrected chi connectivity index (χ4v) is 9.18. The molecule has 56 heavy (non-hydrogen) atoms. The van der Waals surface area contributed by atoms with E-state index >= 15 is 0 Å². The molecule has 0 unspecified atom stereocenters. The van der Waals surface area contributed by atoms with Gasteiger partial charge in [0.25, 0.3) is 0 Å². The highest BCUT2D eigenvalue weighted by atomic mass is 32.1. The Kier molecular flexibility index (Phi) is 7.64. The van der Waals surface area contributed by atoms with E-state index in [1.54, 1.807) is 0 Å². The topological polar surface area (TPSA) is 43.6 Å². The number of hydrogen-bond donors (Lipinski definition) is 0. The number of benzene rings is 8. The van der Waals surface area contributed by atoms with Crippen LogP contribution in [0.2, 0.25) is 0 Å². The number of aromatic nitrogens is 4. The van der Waals surface area contributed by atoms with Gasteiger partial charge in [0, 0.05) is 53.3 Å². The zero-order valence-electron chi connectivity index (χ0n) is 30.2. The summed E-state index contributed by atoms with van der Waals surface area (Å²) in [4.78, 5) is 15.1. The second-order valence-corrected chi connectivity index (χ2v) is 15.1. The molecule has 0 aliphatic carbocycles. The van der Waals surface area contributed by atoms with Crippen molar-refractivity contribution < 1.29 is 0 Å². The Hall–Kier alpha value is -7.21. The predicted molar refractivity (Wildman–Crippen MR) is 234 cm³/mol. The Balaban J connectivity index is 0.975. The summed E-state index contributed by atoms with van der Waals surface area (Å²) in [5.74, 6) is 1.92. The number of thiophene rings is 1. The number of hydrogen-bond acceptors (Lipinski definition) is 4. The molecule has 11 aromatic rings. The second-order valence-electron chi connectivity index (χ2n) is 14.0. The molecule has 0 fully saturated rings. The van der Waals surface area contributed by atoms with E-state index < -0.39 is 0 Å². The van der Waals surface area contributed by atoms with E-state index in [1.807, 2.05) is 47.7 Å². The van der Waals surface area contributed by atoms with Crippen LogP contribution in [-0.4, -0.2) is 19.5 Å². The Labute approximate surface area is 327 Å². The molecular formula is C51H32N4S. The Morgan fingerprint density at radius 3 is 1.38 bits per heavy atom. The second kappa shape index (κ2) is 13.3. The molecule has 11 rings (SSSR count). The van der Waals surface area contributed by atoms with Crippen LogP contribution in [0.3, 0.4) is 0 Å². The molecule has 0 atom stereocenters. The molecule has 0 aliphatic rings. The van der Waals surface area contributed by atoms with E-state index in [1.165, 1.54) is 53.1 Å². The highest BCUT2D eigenvalue weighted by Gasteiger charge is 2.18. The highest BCUT2D eigenvalue weighted by molar-refractivity contribution is 7.26. The molecular weight excluding hydrogens is 701 g/mol. The van der Waals surface area contributed by atoms with Crippen LogP contribution in [-0.2, 0) is 0 Å². The molecule has 0 N–H and O–H groups in total.